The highest BCUT2D eigenvalue weighted by atomic mass is 35.5. The van der Waals surface area contributed by atoms with Gasteiger partial charge in [-0.2, -0.15) is 0 Å². The van der Waals surface area contributed by atoms with Crippen molar-refractivity contribution >= 4 is 12.4 Å². The Balaban J connectivity index is 0. The summed E-state index contributed by atoms with van der Waals surface area (Å²) in [6, 6.07) is 0. The monoisotopic (exact) mass is 267 g/mol. The fourth-order valence-electron chi connectivity index (χ4n) is 1.54. The van der Waals surface area contributed by atoms with Gasteiger partial charge in [-0.1, -0.05) is 39.0 Å². The molecule has 106 valence electrons. The first-order valence-electron chi connectivity index (χ1n) is 6.48. The third kappa shape index (κ3) is 12.4. The molecule has 1 fully saturated rings. The Morgan fingerprint density at radius 2 is 1.65 bits per heavy atom. The summed E-state index contributed by atoms with van der Waals surface area (Å²) in [6.07, 6.45) is 7.51. The van der Waals surface area contributed by atoms with E-state index < -0.39 is 0 Å². The second-order valence-corrected chi connectivity index (χ2v) is 4.98. The quantitative estimate of drug-likeness (QED) is 0.751. The average Bonchev–Trinajstić information content (AvgIpc) is 2.20. The molecule has 0 radical (unpaired) electrons. The summed E-state index contributed by atoms with van der Waals surface area (Å²) in [7, 11) is 6.00. The van der Waals surface area contributed by atoms with Crippen molar-refractivity contribution in [3.8, 4) is 0 Å². The molecule has 2 unspecified atom stereocenters. The standard InChI is InChI=1S/C10H20O2.C3H9N.ClH/c1-2-3-4-5-6-7-10-9(11)8-12-10;1-4(2)3;/h9-11H,2-8H2,1H3;1-3H3;1H. The molecule has 0 aromatic rings. The van der Waals surface area contributed by atoms with Gasteiger partial charge >= 0.3 is 0 Å². The van der Waals surface area contributed by atoms with E-state index in [0.29, 0.717) is 6.61 Å². The van der Waals surface area contributed by atoms with Crippen LogP contribution in [0.25, 0.3) is 0 Å². The second-order valence-electron chi connectivity index (χ2n) is 4.98. The van der Waals surface area contributed by atoms with E-state index in [2.05, 4.69) is 6.92 Å². The lowest BCUT2D eigenvalue weighted by molar-refractivity contribution is -0.164. The van der Waals surface area contributed by atoms with E-state index in [-0.39, 0.29) is 24.6 Å². The maximum absolute atomic E-state index is 9.19. The first kappa shape index (κ1) is 19.5. The predicted octanol–water partition coefficient (Wildman–Crippen LogP) is 2.71. The van der Waals surface area contributed by atoms with Crippen LogP contribution in [-0.2, 0) is 4.74 Å². The minimum atomic E-state index is -0.170. The van der Waals surface area contributed by atoms with E-state index in [4.69, 9.17) is 4.74 Å². The van der Waals surface area contributed by atoms with Crippen LogP contribution in [0.15, 0.2) is 0 Å². The van der Waals surface area contributed by atoms with Gasteiger partial charge in [-0.3, -0.25) is 0 Å². The molecule has 1 N–H and O–H groups in total. The van der Waals surface area contributed by atoms with Gasteiger partial charge in [0.25, 0.3) is 0 Å². The first-order chi connectivity index (χ1) is 7.57. The number of nitrogens with zero attached hydrogens (tertiary/aromatic N) is 1. The molecule has 4 heteroatoms. The molecule has 0 aromatic heterocycles. The molecule has 1 heterocycles. The Kier molecular flexibility index (Phi) is 14.5. The van der Waals surface area contributed by atoms with Crippen LogP contribution < -0.4 is 0 Å². The molecular formula is C13H30ClNO2. The van der Waals surface area contributed by atoms with Gasteiger partial charge in [-0.05, 0) is 27.6 Å². The zero-order valence-corrected chi connectivity index (χ0v) is 12.6. The van der Waals surface area contributed by atoms with Crippen LogP contribution in [0.4, 0.5) is 0 Å². The number of unbranched alkanes of at least 4 members (excludes halogenated alkanes) is 4. The Hall–Kier alpha value is 0.170. The van der Waals surface area contributed by atoms with Crippen molar-refractivity contribution in [1.82, 2.24) is 4.90 Å². The van der Waals surface area contributed by atoms with Gasteiger partial charge in [-0.25, -0.2) is 0 Å². The topological polar surface area (TPSA) is 32.7 Å². The summed E-state index contributed by atoms with van der Waals surface area (Å²) in [5.74, 6) is 0. The summed E-state index contributed by atoms with van der Waals surface area (Å²) < 4.78 is 5.20. The van der Waals surface area contributed by atoms with E-state index in [0.717, 1.165) is 6.42 Å². The lowest BCUT2D eigenvalue weighted by Crippen LogP contribution is -2.44. The summed E-state index contributed by atoms with van der Waals surface area (Å²) in [4.78, 5) is 2.00. The third-order valence-corrected chi connectivity index (χ3v) is 2.50. The largest absolute Gasteiger partial charge is 0.388 e. The molecule has 0 aromatic carbocycles. The highest BCUT2D eigenvalue weighted by Gasteiger charge is 2.28. The molecule has 0 spiro atoms. The number of ether oxygens (including phenoxy) is 1. The number of halogens is 1. The van der Waals surface area contributed by atoms with Gasteiger partial charge in [0.15, 0.2) is 0 Å². The Labute approximate surface area is 113 Å². The van der Waals surface area contributed by atoms with Crippen molar-refractivity contribution in [2.24, 2.45) is 0 Å². The SMILES string of the molecule is CCCCCCCC1OCC1O.CN(C)C.Cl. The minimum absolute atomic E-state index is 0. The van der Waals surface area contributed by atoms with Crippen LogP contribution in [0.5, 0.6) is 0 Å². The number of aliphatic hydroxyl groups is 1. The van der Waals surface area contributed by atoms with Crippen LogP contribution in [0.2, 0.25) is 0 Å². The zero-order valence-electron chi connectivity index (χ0n) is 11.8. The molecule has 17 heavy (non-hydrogen) atoms. The van der Waals surface area contributed by atoms with Crippen LogP contribution in [0, 0.1) is 0 Å². The van der Waals surface area contributed by atoms with Crippen LogP contribution in [0.3, 0.4) is 0 Å². The van der Waals surface area contributed by atoms with E-state index in [9.17, 15) is 5.11 Å². The van der Waals surface area contributed by atoms with Crippen molar-refractivity contribution in [2.75, 3.05) is 27.7 Å². The molecule has 1 aliphatic rings. The second kappa shape index (κ2) is 12.6. The van der Waals surface area contributed by atoms with Gasteiger partial charge in [0.05, 0.1) is 12.7 Å². The Morgan fingerprint density at radius 3 is 2.00 bits per heavy atom. The minimum Gasteiger partial charge on any atom is -0.388 e. The fraction of sp³-hybridized carbons (Fsp3) is 1.00. The van der Waals surface area contributed by atoms with Crippen LogP contribution in [0.1, 0.15) is 45.4 Å². The van der Waals surface area contributed by atoms with Gasteiger partial charge in [0, 0.05) is 0 Å². The van der Waals surface area contributed by atoms with Gasteiger partial charge in [0.1, 0.15) is 6.10 Å². The number of aliphatic hydroxyl groups excluding tert-OH is 1. The Morgan fingerprint density at radius 1 is 1.12 bits per heavy atom. The summed E-state index contributed by atoms with van der Waals surface area (Å²) in [5.41, 5.74) is 0. The molecule has 0 aliphatic carbocycles. The summed E-state index contributed by atoms with van der Waals surface area (Å²) >= 11 is 0. The number of hydrogen-bond acceptors (Lipinski definition) is 3. The zero-order chi connectivity index (χ0) is 12.4. The maximum Gasteiger partial charge on any atom is 0.103 e. The van der Waals surface area contributed by atoms with Crippen molar-refractivity contribution < 1.29 is 9.84 Å². The van der Waals surface area contributed by atoms with E-state index in [1.165, 1.54) is 32.1 Å². The first-order valence-corrected chi connectivity index (χ1v) is 6.48. The highest BCUT2D eigenvalue weighted by molar-refractivity contribution is 5.85. The number of hydrogen-bond donors (Lipinski definition) is 1. The average molecular weight is 268 g/mol. The molecule has 1 aliphatic heterocycles. The molecule has 0 saturated carbocycles. The smallest absolute Gasteiger partial charge is 0.103 e. The molecule has 2 atom stereocenters. The molecular weight excluding hydrogens is 238 g/mol. The molecule has 3 nitrogen and oxygen atoms in total. The molecule has 1 rings (SSSR count). The predicted molar refractivity (Wildman–Crippen MR) is 76.0 cm³/mol. The van der Waals surface area contributed by atoms with Crippen molar-refractivity contribution in [3.63, 3.8) is 0 Å². The highest BCUT2D eigenvalue weighted by Crippen LogP contribution is 2.19. The lowest BCUT2D eigenvalue weighted by atomic mass is 10.0. The molecule has 0 bridgehead atoms. The number of rotatable bonds is 6. The fourth-order valence-corrected chi connectivity index (χ4v) is 1.54. The van der Waals surface area contributed by atoms with E-state index in [1.54, 1.807) is 0 Å². The van der Waals surface area contributed by atoms with Gasteiger partial charge in [-0.15, -0.1) is 12.4 Å². The van der Waals surface area contributed by atoms with Gasteiger partial charge < -0.3 is 14.7 Å². The normalized spacial score (nSPS) is 22.2. The van der Waals surface area contributed by atoms with Crippen molar-refractivity contribution in [2.45, 2.75) is 57.7 Å². The van der Waals surface area contributed by atoms with Crippen LogP contribution >= 0.6 is 12.4 Å². The Bertz CT molecular complexity index is 154. The van der Waals surface area contributed by atoms with E-state index in [1.807, 2.05) is 26.0 Å². The third-order valence-electron chi connectivity index (χ3n) is 2.50. The van der Waals surface area contributed by atoms with Crippen molar-refractivity contribution in [3.05, 3.63) is 0 Å². The maximum atomic E-state index is 9.19. The molecule has 0 amide bonds. The van der Waals surface area contributed by atoms with Crippen LogP contribution in [-0.4, -0.2) is 50.0 Å². The molecule has 1 saturated heterocycles. The lowest BCUT2D eigenvalue weighted by Gasteiger charge is -2.32. The van der Waals surface area contributed by atoms with Crippen molar-refractivity contribution in [1.29, 1.82) is 0 Å². The van der Waals surface area contributed by atoms with E-state index >= 15 is 0 Å². The summed E-state index contributed by atoms with van der Waals surface area (Å²) in [5, 5.41) is 9.19. The van der Waals surface area contributed by atoms with Gasteiger partial charge in [0.2, 0.25) is 0 Å². The summed E-state index contributed by atoms with van der Waals surface area (Å²) in [6.45, 7) is 2.78.